The van der Waals surface area contributed by atoms with Crippen molar-refractivity contribution in [3.63, 3.8) is 0 Å². The van der Waals surface area contributed by atoms with Gasteiger partial charge in [0.1, 0.15) is 5.75 Å². The van der Waals surface area contributed by atoms with Crippen LogP contribution in [0, 0.1) is 12.8 Å². The van der Waals surface area contributed by atoms with Crippen LogP contribution in [0.1, 0.15) is 24.6 Å². The summed E-state index contributed by atoms with van der Waals surface area (Å²) in [5.41, 5.74) is 0. The molecule has 2 aromatic rings. The smallest absolute Gasteiger partial charge is 0.260 e. The number of carbonyl (C=O) groups is 1. The van der Waals surface area contributed by atoms with E-state index in [0.717, 1.165) is 43.9 Å². The Bertz CT molecular complexity index is 642. The number of hydrogen-bond acceptors (Lipinski definition) is 5. The van der Waals surface area contributed by atoms with E-state index in [0.29, 0.717) is 11.8 Å². The molecule has 1 aromatic carbocycles. The van der Waals surface area contributed by atoms with E-state index in [2.05, 4.69) is 10.1 Å². The monoisotopic (exact) mass is 315 g/mol. The van der Waals surface area contributed by atoms with Crippen molar-refractivity contribution < 1.29 is 14.1 Å². The number of hydrogen-bond donors (Lipinski definition) is 0. The third-order valence-corrected chi connectivity index (χ3v) is 4.09. The molecule has 0 spiro atoms. The molecule has 1 aromatic heterocycles. The van der Waals surface area contributed by atoms with Crippen LogP contribution >= 0.6 is 0 Å². The molecular weight excluding hydrogens is 294 g/mol. The van der Waals surface area contributed by atoms with Crippen molar-refractivity contribution in [2.24, 2.45) is 5.92 Å². The molecule has 6 nitrogen and oxygen atoms in total. The molecule has 0 aliphatic carbocycles. The lowest BCUT2D eigenvalue weighted by molar-refractivity contribution is -0.132. The van der Waals surface area contributed by atoms with Gasteiger partial charge >= 0.3 is 0 Å². The number of amides is 1. The molecule has 0 saturated carbocycles. The molecule has 2 heterocycles. The molecule has 122 valence electrons. The zero-order chi connectivity index (χ0) is 16.1. The fourth-order valence-electron chi connectivity index (χ4n) is 2.82. The molecule has 1 atom stereocenters. The highest BCUT2D eigenvalue weighted by molar-refractivity contribution is 5.78. The van der Waals surface area contributed by atoms with E-state index in [1.54, 1.807) is 6.92 Å². The van der Waals surface area contributed by atoms with Gasteiger partial charge in [-0.15, -0.1) is 0 Å². The molecule has 0 radical (unpaired) electrons. The zero-order valence-electron chi connectivity index (χ0n) is 13.3. The number of ether oxygens (including phenoxy) is 1. The molecule has 1 aliphatic heterocycles. The van der Waals surface area contributed by atoms with E-state index >= 15 is 0 Å². The van der Waals surface area contributed by atoms with Crippen LogP contribution in [0.2, 0.25) is 0 Å². The van der Waals surface area contributed by atoms with Crippen LogP contribution in [0.5, 0.6) is 5.75 Å². The first kappa shape index (κ1) is 15.5. The topological polar surface area (TPSA) is 68.5 Å². The average molecular weight is 315 g/mol. The van der Waals surface area contributed by atoms with E-state index in [1.807, 2.05) is 35.2 Å². The standard InChI is InChI=1S/C17H21N3O3/c1-13-18-16(19-23-13)8-7-14-9-10-20(11-14)17(21)12-22-15-5-3-2-4-6-15/h2-6,14H,7-12H2,1H3. The molecule has 1 aliphatic rings. The van der Waals surface area contributed by atoms with Crippen LogP contribution in [0.15, 0.2) is 34.9 Å². The van der Waals surface area contributed by atoms with Gasteiger partial charge < -0.3 is 14.2 Å². The number of nitrogens with zero attached hydrogens (tertiary/aromatic N) is 3. The summed E-state index contributed by atoms with van der Waals surface area (Å²) in [6.07, 6.45) is 2.79. The Morgan fingerprint density at radius 2 is 2.22 bits per heavy atom. The van der Waals surface area contributed by atoms with Gasteiger partial charge in [-0.25, -0.2) is 0 Å². The molecule has 1 unspecified atom stereocenters. The highest BCUT2D eigenvalue weighted by Crippen LogP contribution is 2.21. The van der Waals surface area contributed by atoms with Gasteiger partial charge in [0.15, 0.2) is 12.4 Å². The third-order valence-electron chi connectivity index (χ3n) is 4.09. The SMILES string of the molecule is Cc1nc(CCC2CCN(C(=O)COc3ccccc3)C2)no1. The summed E-state index contributed by atoms with van der Waals surface area (Å²) in [5, 5.41) is 3.91. The maximum atomic E-state index is 12.2. The average Bonchev–Trinajstić information content (AvgIpc) is 3.20. The number of para-hydroxylation sites is 1. The largest absolute Gasteiger partial charge is 0.484 e. The molecule has 0 bridgehead atoms. The lowest BCUT2D eigenvalue weighted by Gasteiger charge is -2.16. The first-order valence-corrected chi connectivity index (χ1v) is 7.95. The summed E-state index contributed by atoms with van der Waals surface area (Å²) in [7, 11) is 0. The van der Waals surface area contributed by atoms with Gasteiger partial charge in [-0.1, -0.05) is 23.4 Å². The number of likely N-dealkylation sites (tertiary alicyclic amines) is 1. The summed E-state index contributed by atoms with van der Waals surface area (Å²) in [5.74, 6) is 2.62. The Kier molecular flexibility index (Phi) is 4.90. The van der Waals surface area contributed by atoms with E-state index in [1.165, 1.54) is 0 Å². The summed E-state index contributed by atoms with van der Waals surface area (Å²) in [6, 6.07) is 9.42. The highest BCUT2D eigenvalue weighted by atomic mass is 16.5. The number of carbonyl (C=O) groups excluding carboxylic acids is 1. The normalized spacial score (nSPS) is 17.4. The second-order valence-corrected chi connectivity index (χ2v) is 5.86. The van der Waals surface area contributed by atoms with Crippen molar-refractivity contribution in [2.75, 3.05) is 19.7 Å². The number of aromatic nitrogens is 2. The van der Waals surface area contributed by atoms with Crippen LogP contribution < -0.4 is 4.74 Å². The van der Waals surface area contributed by atoms with E-state index in [-0.39, 0.29) is 12.5 Å². The Morgan fingerprint density at radius 1 is 1.39 bits per heavy atom. The second-order valence-electron chi connectivity index (χ2n) is 5.86. The molecule has 1 saturated heterocycles. The molecular formula is C17H21N3O3. The minimum atomic E-state index is 0.0479. The summed E-state index contributed by atoms with van der Waals surface area (Å²) < 4.78 is 10.5. The van der Waals surface area contributed by atoms with Crippen LogP contribution in [0.4, 0.5) is 0 Å². The van der Waals surface area contributed by atoms with Crippen molar-refractivity contribution >= 4 is 5.91 Å². The predicted octanol–water partition coefficient (Wildman–Crippen LogP) is 2.24. The first-order chi connectivity index (χ1) is 11.2. The van der Waals surface area contributed by atoms with Crippen molar-refractivity contribution in [1.29, 1.82) is 0 Å². The summed E-state index contributed by atoms with van der Waals surface area (Å²) >= 11 is 0. The van der Waals surface area contributed by atoms with Crippen LogP contribution in [-0.2, 0) is 11.2 Å². The van der Waals surface area contributed by atoms with Crippen LogP contribution in [0.25, 0.3) is 0 Å². The van der Waals surface area contributed by atoms with Crippen molar-refractivity contribution in [2.45, 2.75) is 26.2 Å². The number of rotatable bonds is 6. The van der Waals surface area contributed by atoms with Crippen molar-refractivity contribution in [1.82, 2.24) is 15.0 Å². The number of benzene rings is 1. The van der Waals surface area contributed by atoms with Gasteiger partial charge in [-0.05, 0) is 30.9 Å². The molecule has 1 amide bonds. The lowest BCUT2D eigenvalue weighted by Crippen LogP contribution is -2.33. The second kappa shape index (κ2) is 7.26. The van der Waals surface area contributed by atoms with Crippen LogP contribution in [0.3, 0.4) is 0 Å². The van der Waals surface area contributed by atoms with Gasteiger partial charge in [-0.3, -0.25) is 4.79 Å². The Balaban J connectivity index is 1.41. The lowest BCUT2D eigenvalue weighted by atomic mass is 10.0. The van der Waals surface area contributed by atoms with Crippen molar-refractivity contribution in [3.8, 4) is 5.75 Å². The fraction of sp³-hybridized carbons (Fsp3) is 0.471. The summed E-state index contributed by atoms with van der Waals surface area (Å²) in [4.78, 5) is 18.3. The van der Waals surface area contributed by atoms with Gasteiger partial charge in [0, 0.05) is 26.4 Å². The van der Waals surface area contributed by atoms with Crippen LogP contribution in [-0.4, -0.2) is 40.6 Å². The molecule has 6 heteroatoms. The Labute approximate surface area is 135 Å². The van der Waals surface area contributed by atoms with E-state index < -0.39 is 0 Å². The maximum absolute atomic E-state index is 12.2. The molecule has 0 N–H and O–H groups in total. The molecule has 1 fully saturated rings. The van der Waals surface area contributed by atoms with E-state index in [9.17, 15) is 4.79 Å². The van der Waals surface area contributed by atoms with E-state index in [4.69, 9.17) is 9.26 Å². The third kappa shape index (κ3) is 4.31. The Hall–Kier alpha value is -2.37. The quantitative estimate of drug-likeness (QED) is 0.817. The minimum Gasteiger partial charge on any atom is -0.484 e. The van der Waals surface area contributed by atoms with Gasteiger partial charge in [0.25, 0.3) is 5.91 Å². The van der Waals surface area contributed by atoms with Gasteiger partial charge in [0.2, 0.25) is 5.89 Å². The highest BCUT2D eigenvalue weighted by Gasteiger charge is 2.26. The van der Waals surface area contributed by atoms with Gasteiger partial charge in [-0.2, -0.15) is 4.98 Å². The molecule has 23 heavy (non-hydrogen) atoms. The number of aryl methyl sites for hydroxylation is 2. The fourth-order valence-corrected chi connectivity index (χ4v) is 2.82. The van der Waals surface area contributed by atoms with Crippen molar-refractivity contribution in [3.05, 3.63) is 42.0 Å². The first-order valence-electron chi connectivity index (χ1n) is 7.95. The maximum Gasteiger partial charge on any atom is 0.260 e. The van der Waals surface area contributed by atoms with Gasteiger partial charge in [0.05, 0.1) is 0 Å². The Morgan fingerprint density at radius 3 is 2.96 bits per heavy atom. The summed E-state index contributed by atoms with van der Waals surface area (Å²) in [6.45, 7) is 3.47. The predicted molar refractivity (Wildman–Crippen MR) is 84.0 cm³/mol. The molecule has 3 rings (SSSR count). The zero-order valence-corrected chi connectivity index (χ0v) is 13.3. The minimum absolute atomic E-state index is 0.0479.